The van der Waals surface area contributed by atoms with E-state index in [2.05, 4.69) is 25.8 Å². The zero-order valence-electron chi connectivity index (χ0n) is 8.56. The van der Waals surface area contributed by atoms with Gasteiger partial charge in [-0.2, -0.15) is 0 Å². The van der Waals surface area contributed by atoms with Gasteiger partial charge in [0.15, 0.2) is 0 Å². The van der Waals surface area contributed by atoms with Gasteiger partial charge in [0, 0.05) is 29.8 Å². The molecule has 0 radical (unpaired) electrons. The molecule has 1 N–H and O–H groups in total. The molecule has 2 rings (SSSR count). The van der Waals surface area contributed by atoms with Crippen LogP contribution in [0.1, 0.15) is 18.5 Å². The first kappa shape index (κ1) is 11.0. The van der Waals surface area contributed by atoms with Gasteiger partial charge < -0.3 is 5.11 Å². The molecule has 82 valence electrons. The average molecular weight is 271 g/mol. The Labute approximate surface area is 98.3 Å². The smallest absolute Gasteiger partial charge is 0.0558 e. The van der Waals surface area contributed by atoms with Crippen molar-refractivity contribution >= 4 is 15.9 Å². The molecule has 1 aliphatic carbocycles. The third-order valence-electron chi connectivity index (χ3n) is 2.60. The van der Waals surface area contributed by atoms with Crippen molar-refractivity contribution in [2.24, 2.45) is 0 Å². The van der Waals surface area contributed by atoms with Gasteiger partial charge in [-0.25, -0.2) is 0 Å². The molecule has 0 aliphatic heterocycles. The van der Waals surface area contributed by atoms with Crippen LogP contribution in [0.3, 0.4) is 0 Å². The number of aliphatic hydroxyl groups excluding tert-OH is 1. The van der Waals surface area contributed by atoms with Gasteiger partial charge in [0.1, 0.15) is 0 Å². The van der Waals surface area contributed by atoms with Gasteiger partial charge >= 0.3 is 0 Å². The molecule has 1 aromatic heterocycles. The van der Waals surface area contributed by atoms with Crippen LogP contribution in [-0.4, -0.2) is 34.2 Å². The predicted octanol–water partition coefficient (Wildman–Crippen LogP) is 1.80. The number of nitrogens with zero attached hydrogens (tertiary/aromatic N) is 2. The molecule has 1 heterocycles. The molecule has 0 atom stereocenters. The van der Waals surface area contributed by atoms with Gasteiger partial charge in [-0.05, 0) is 40.9 Å². The number of hydrogen-bond donors (Lipinski definition) is 1. The van der Waals surface area contributed by atoms with Crippen molar-refractivity contribution in [2.75, 3.05) is 13.2 Å². The average Bonchev–Trinajstić information content (AvgIpc) is 3.04. The highest BCUT2D eigenvalue weighted by molar-refractivity contribution is 9.10. The Kier molecular flexibility index (Phi) is 3.72. The van der Waals surface area contributed by atoms with E-state index < -0.39 is 0 Å². The van der Waals surface area contributed by atoms with Crippen LogP contribution in [0.5, 0.6) is 0 Å². The molecule has 0 aromatic carbocycles. The minimum absolute atomic E-state index is 0.229. The van der Waals surface area contributed by atoms with E-state index in [-0.39, 0.29) is 6.61 Å². The van der Waals surface area contributed by atoms with Crippen LogP contribution in [-0.2, 0) is 6.54 Å². The number of rotatable bonds is 5. The molecule has 15 heavy (non-hydrogen) atoms. The van der Waals surface area contributed by atoms with Crippen LogP contribution >= 0.6 is 15.9 Å². The fourth-order valence-electron chi connectivity index (χ4n) is 1.67. The summed E-state index contributed by atoms with van der Waals surface area (Å²) in [5, 5.41) is 8.97. The Bertz CT molecular complexity index is 311. The van der Waals surface area contributed by atoms with Crippen molar-refractivity contribution in [3.05, 3.63) is 28.5 Å². The highest BCUT2D eigenvalue weighted by Gasteiger charge is 2.28. The topological polar surface area (TPSA) is 36.4 Å². The predicted molar refractivity (Wildman–Crippen MR) is 62.5 cm³/mol. The van der Waals surface area contributed by atoms with E-state index in [0.29, 0.717) is 6.04 Å². The van der Waals surface area contributed by atoms with Crippen LogP contribution in [0.4, 0.5) is 0 Å². The van der Waals surface area contributed by atoms with Gasteiger partial charge in [-0.15, -0.1) is 0 Å². The van der Waals surface area contributed by atoms with Gasteiger partial charge in [0.05, 0.1) is 12.3 Å². The maximum atomic E-state index is 8.97. The van der Waals surface area contributed by atoms with Crippen molar-refractivity contribution in [3.8, 4) is 0 Å². The zero-order valence-corrected chi connectivity index (χ0v) is 10.2. The first-order valence-corrected chi connectivity index (χ1v) is 6.04. The molecule has 1 fully saturated rings. The molecule has 3 nitrogen and oxygen atoms in total. The zero-order chi connectivity index (χ0) is 10.7. The minimum atomic E-state index is 0.229. The molecule has 1 saturated carbocycles. The highest BCUT2D eigenvalue weighted by Crippen LogP contribution is 2.27. The van der Waals surface area contributed by atoms with Crippen LogP contribution < -0.4 is 0 Å². The molecule has 0 spiro atoms. The summed E-state index contributed by atoms with van der Waals surface area (Å²) in [7, 11) is 0. The summed E-state index contributed by atoms with van der Waals surface area (Å²) >= 11 is 3.37. The van der Waals surface area contributed by atoms with Crippen LogP contribution in [0.15, 0.2) is 22.8 Å². The summed E-state index contributed by atoms with van der Waals surface area (Å²) in [5.41, 5.74) is 1.07. The SMILES string of the molecule is OCCN(Cc1ccc(Br)cn1)C1CC1. The van der Waals surface area contributed by atoms with Crippen LogP contribution in [0.2, 0.25) is 0 Å². The minimum Gasteiger partial charge on any atom is -0.395 e. The molecule has 0 unspecified atom stereocenters. The lowest BCUT2D eigenvalue weighted by molar-refractivity contribution is 0.182. The van der Waals surface area contributed by atoms with E-state index in [9.17, 15) is 0 Å². The Morgan fingerprint density at radius 1 is 1.47 bits per heavy atom. The molecular weight excluding hydrogens is 256 g/mol. The number of aliphatic hydroxyl groups is 1. The van der Waals surface area contributed by atoms with E-state index in [0.717, 1.165) is 23.3 Å². The van der Waals surface area contributed by atoms with E-state index in [4.69, 9.17) is 5.11 Å². The van der Waals surface area contributed by atoms with Gasteiger partial charge in [-0.1, -0.05) is 0 Å². The molecule has 1 aliphatic rings. The molecule has 0 amide bonds. The van der Waals surface area contributed by atoms with E-state index >= 15 is 0 Å². The van der Waals surface area contributed by atoms with Crippen molar-refractivity contribution in [3.63, 3.8) is 0 Å². The highest BCUT2D eigenvalue weighted by atomic mass is 79.9. The lowest BCUT2D eigenvalue weighted by atomic mass is 10.3. The largest absolute Gasteiger partial charge is 0.395 e. The summed E-state index contributed by atoms with van der Waals surface area (Å²) in [6.45, 7) is 1.83. The molecular formula is C11H15BrN2O. The van der Waals surface area contributed by atoms with Gasteiger partial charge in [0.2, 0.25) is 0 Å². The number of pyridine rings is 1. The summed E-state index contributed by atoms with van der Waals surface area (Å²) in [6, 6.07) is 4.70. The second-order valence-electron chi connectivity index (χ2n) is 3.89. The second kappa shape index (κ2) is 5.05. The maximum Gasteiger partial charge on any atom is 0.0558 e. The fourth-order valence-corrected chi connectivity index (χ4v) is 1.90. The number of hydrogen-bond acceptors (Lipinski definition) is 3. The molecule has 4 heteroatoms. The summed E-state index contributed by atoms with van der Waals surface area (Å²) in [4.78, 5) is 6.64. The van der Waals surface area contributed by atoms with Crippen molar-refractivity contribution < 1.29 is 5.11 Å². The summed E-state index contributed by atoms with van der Waals surface area (Å²) < 4.78 is 1.01. The van der Waals surface area contributed by atoms with E-state index in [1.165, 1.54) is 12.8 Å². The second-order valence-corrected chi connectivity index (χ2v) is 4.81. The lowest BCUT2D eigenvalue weighted by Crippen LogP contribution is -2.28. The van der Waals surface area contributed by atoms with E-state index in [1.807, 2.05) is 18.3 Å². The normalized spacial score (nSPS) is 15.9. The van der Waals surface area contributed by atoms with Crippen LogP contribution in [0, 0.1) is 0 Å². The van der Waals surface area contributed by atoms with E-state index in [1.54, 1.807) is 0 Å². The monoisotopic (exact) mass is 270 g/mol. The van der Waals surface area contributed by atoms with Gasteiger partial charge in [0.25, 0.3) is 0 Å². The third kappa shape index (κ3) is 3.26. The number of aromatic nitrogens is 1. The quantitative estimate of drug-likeness (QED) is 0.887. The van der Waals surface area contributed by atoms with Crippen molar-refractivity contribution in [1.82, 2.24) is 9.88 Å². The fraction of sp³-hybridized carbons (Fsp3) is 0.545. The molecule has 0 saturated heterocycles. The third-order valence-corrected chi connectivity index (χ3v) is 3.07. The standard InChI is InChI=1S/C11H15BrN2O/c12-9-1-2-10(13-7-9)8-14(5-6-15)11-3-4-11/h1-2,7,11,15H,3-6,8H2. The molecule has 1 aromatic rings. The Balaban J connectivity index is 1.95. The Morgan fingerprint density at radius 3 is 2.80 bits per heavy atom. The van der Waals surface area contributed by atoms with Crippen molar-refractivity contribution in [2.45, 2.75) is 25.4 Å². The first-order valence-electron chi connectivity index (χ1n) is 5.25. The maximum absolute atomic E-state index is 8.97. The molecule has 0 bridgehead atoms. The lowest BCUT2D eigenvalue weighted by Gasteiger charge is -2.20. The Morgan fingerprint density at radius 2 is 2.27 bits per heavy atom. The Hall–Kier alpha value is -0.450. The summed E-state index contributed by atoms with van der Waals surface area (Å²) in [6.07, 6.45) is 4.34. The first-order chi connectivity index (χ1) is 7.29. The number of halogens is 1. The van der Waals surface area contributed by atoms with Crippen molar-refractivity contribution in [1.29, 1.82) is 0 Å². The summed E-state index contributed by atoms with van der Waals surface area (Å²) in [5.74, 6) is 0. The van der Waals surface area contributed by atoms with Crippen LogP contribution in [0.25, 0.3) is 0 Å². The van der Waals surface area contributed by atoms with Gasteiger partial charge in [-0.3, -0.25) is 9.88 Å².